The number of nitrogens with zero attached hydrogens (tertiary/aromatic N) is 3. The van der Waals surface area contributed by atoms with Gasteiger partial charge in [0, 0.05) is 19.1 Å². The largest absolute Gasteiger partial charge is 0.384 e. The molecule has 2 aliphatic heterocycles. The summed E-state index contributed by atoms with van der Waals surface area (Å²) in [5.74, 6) is -1.05. The first kappa shape index (κ1) is 23.2. The third-order valence-corrected chi connectivity index (χ3v) is 6.06. The summed E-state index contributed by atoms with van der Waals surface area (Å²) in [6.07, 6.45) is 0.176. The maximum absolute atomic E-state index is 13.2. The number of hydrogen-bond donors (Lipinski definition) is 4. The fourth-order valence-corrected chi connectivity index (χ4v) is 4.40. The molecule has 0 aliphatic carbocycles. The van der Waals surface area contributed by atoms with Crippen LogP contribution in [0.4, 0.5) is 0 Å². The maximum atomic E-state index is 13.2. The van der Waals surface area contributed by atoms with Crippen molar-refractivity contribution in [1.82, 2.24) is 14.7 Å². The molecule has 3 unspecified atom stereocenters. The Bertz CT molecular complexity index is 856. The number of benzene rings is 1. The van der Waals surface area contributed by atoms with Crippen molar-refractivity contribution >= 4 is 11.7 Å². The fraction of sp³-hybridized carbons (Fsp3) is 0.545. The number of aliphatic hydroxyl groups excluding tert-OH is 2. The van der Waals surface area contributed by atoms with Crippen LogP contribution in [-0.4, -0.2) is 74.9 Å². The van der Waals surface area contributed by atoms with Crippen LogP contribution in [0.1, 0.15) is 37.3 Å². The van der Waals surface area contributed by atoms with E-state index in [1.54, 1.807) is 6.92 Å². The summed E-state index contributed by atoms with van der Waals surface area (Å²) < 4.78 is 0. The highest BCUT2D eigenvalue weighted by molar-refractivity contribution is 6.20. The van der Waals surface area contributed by atoms with E-state index in [1.807, 2.05) is 36.1 Å². The summed E-state index contributed by atoms with van der Waals surface area (Å²) in [5.41, 5.74) is 13.8. The monoisotopic (exact) mass is 431 g/mol. The van der Waals surface area contributed by atoms with Gasteiger partial charge >= 0.3 is 0 Å². The quantitative estimate of drug-likeness (QED) is 0.344. The Hall–Kier alpha value is -2.46. The molecule has 6 N–H and O–H groups in total. The summed E-state index contributed by atoms with van der Waals surface area (Å²) in [4.78, 5) is 30.7. The molecular formula is C22H33N5O4. The third kappa shape index (κ3) is 4.90. The van der Waals surface area contributed by atoms with Gasteiger partial charge in [-0.1, -0.05) is 36.2 Å². The van der Waals surface area contributed by atoms with Gasteiger partial charge in [0.2, 0.25) is 6.35 Å². The normalized spacial score (nSPS) is 24.0. The maximum Gasteiger partial charge on any atom is 0.264 e. The lowest BCUT2D eigenvalue weighted by atomic mass is 9.99. The molecule has 170 valence electrons. The number of amides is 1. The van der Waals surface area contributed by atoms with Crippen molar-refractivity contribution in [3.63, 3.8) is 0 Å². The van der Waals surface area contributed by atoms with Gasteiger partial charge in [0.1, 0.15) is 17.6 Å². The number of piperidine rings is 1. The number of Topliss-reactive ketones (excluding diaryl/α,β-unsaturated/α-hetero) is 1. The number of carbonyl (C=O) groups is 2. The molecule has 1 saturated heterocycles. The van der Waals surface area contributed by atoms with E-state index in [9.17, 15) is 19.8 Å². The molecule has 2 aliphatic rings. The van der Waals surface area contributed by atoms with E-state index < -0.39 is 24.3 Å². The van der Waals surface area contributed by atoms with Crippen LogP contribution >= 0.6 is 0 Å². The zero-order valence-electron chi connectivity index (χ0n) is 18.2. The Morgan fingerprint density at radius 1 is 1.29 bits per heavy atom. The smallest absolute Gasteiger partial charge is 0.264 e. The molecule has 9 heteroatoms. The second-order valence-corrected chi connectivity index (χ2v) is 8.26. The van der Waals surface area contributed by atoms with E-state index in [0.29, 0.717) is 13.0 Å². The minimum Gasteiger partial charge on any atom is -0.384 e. The lowest BCUT2D eigenvalue weighted by Crippen LogP contribution is -2.58. The molecule has 31 heavy (non-hydrogen) atoms. The molecule has 0 saturated carbocycles. The van der Waals surface area contributed by atoms with Gasteiger partial charge in [-0.3, -0.25) is 19.4 Å². The second kappa shape index (κ2) is 9.78. The van der Waals surface area contributed by atoms with Crippen LogP contribution < -0.4 is 11.5 Å². The number of likely N-dealkylation sites (N-methyl/N-ethyl adjacent to an activating group) is 1. The molecule has 0 spiro atoms. The van der Waals surface area contributed by atoms with E-state index in [2.05, 4.69) is 0 Å². The van der Waals surface area contributed by atoms with Crippen molar-refractivity contribution in [2.45, 2.75) is 58.3 Å². The number of carbonyl (C=O) groups excluding carboxylic acids is 2. The standard InChI is InChI=1S/C22H33N5O4/c1-3-26-21(30)18(17(28)13-25-10-5-4-9-16(25)20(24)29)19(23)27(22(26)31)12-15-8-6-7-14(2)11-15/h6-8,11,16,20,22,29,31H,3-5,9-10,12-13,23-24H2,1-2H3. The zero-order chi connectivity index (χ0) is 22.7. The SMILES string of the molecule is CCN1C(=O)C(C(=O)CN2CCCCC2C(N)O)=C(N)N(Cc2cccc(C)c2)C1O. The Balaban J connectivity index is 1.90. The average molecular weight is 432 g/mol. The summed E-state index contributed by atoms with van der Waals surface area (Å²) in [6, 6.07) is 7.41. The first-order valence-electron chi connectivity index (χ1n) is 10.8. The van der Waals surface area contributed by atoms with Crippen molar-refractivity contribution in [1.29, 1.82) is 0 Å². The first-order chi connectivity index (χ1) is 14.7. The van der Waals surface area contributed by atoms with Crippen LogP contribution in [0.3, 0.4) is 0 Å². The number of aliphatic hydroxyl groups is 2. The van der Waals surface area contributed by atoms with Gasteiger partial charge in [-0.05, 0) is 38.8 Å². The number of likely N-dealkylation sites (tertiary alicyclic amines) is 1. The van der Waals surface area contributed by atoms with Gasteiger partial charge in [-0.15, -0.1) is 0 Å². The molecule has 0 radical (unpaired) electrons. The molecule has 2 heterocycles. The first-order valence-corrected chi connectivity index (χ1v) is 10.8. The van der Waals surface area contributed by atoms with E-state index in [0.717, 1.165) is 24.0 Å². The minimum atomic E-state index is -1.26. The lowest BCUT2D eigenvalue weighted by Gasteiger charge is -2.42. The molecule has 0 bridgehead atoms. The molecule has 3 atom stereocenters. The highest BCUT2D eigenvalue weighted by atomic mass is 16.3. The van der Waals surface area contributed by atoms with Gasteiger partial charge in [-0.25, -0.2) is 0 Å². The third-order valence-electron chi connectivity index (χ3n) is 6.06. The van der Waals surface area contributed by atoms with Crippen LogP contribution in [0, 0.1) is 6.92 Å². The van der Waals surface area contributed by atoms with Gasteiger partial charge < -0.3 is 26.6 Å². The fourth-order valence-electron chi connectivity index (χ4n) is 4.40. The van der Waals surface area contributed by atoms with E-state index >= 15 is 0 Å². The number of aryl methyl sites for hydroxylation is 1. The molecule has 3 rings (SSSR count). The molecule has 1 aromatic rings. The Morgan fingerprint density at radius 2 is 2.03 bits per heavy atom. The second-order valence-electron chi connectivity index (χ2n) is 8.26. The van der Waals surface area contributed by atoms with Crippen molar-refractivity contribution in [2.24, 2.45) is 11.5 Å². The zero-order valence-corrected chi connectivity index (χ0v) is 18.2. The molecular weight excluding hydrogens is 398 g/mol. The summed E-state index contributed by atoms with van der Waals surface area (Å²) in [6.45, 7) is 4.73. The topological polar surface area (TPSA) is 136 Å². The Labute approximate surface area is 182 Å². The van der Waals surface area contributed by atoms with Gasteiger partial charge in [0.15, 0.2) is 5.78 Å². The number of rotatable bonds is 7. The van der Waals surface area contributed by atoms with Crippen LogP contribution in [-0.2, 0) is 16.1 Å². The predicted molar refractivity (Wildman–Crippen MR) is 116 cm³/mol. The van der Waals surface area contributed by atoms with Crippen LogP contribution in [0.2, 0.25) is 0 Å². The molecule has 9 nitrogen and oxygen atoms in total. The van der Waals surface area contributed by atoms with Crippen molar-refractivity contribution in [2.75, 3.05) is 19.6 Å². The van der Waals surface area contributed by atoms with Gasteiger partial charge in [0.05, 0.1) is 6.54 Å². The highest BCUT2D eigenvalue weighted by Crippen LogP contribution is 2.26. The van der Waals surface area contributed by atoms with Crippen LogP contribution in [0.5, 0.6) is 0 Å². The van der Waals surface area contributed by atoms with Crippen molar-refractivity contribution < 1.29 is 19.8 Å². The van der Waals surface area contributed by atoms with Crippen molar-refractivity contribution in [3.8, 4) is 0 Å². The highest BCUT2D eigenvalue weighted by Gasteiger charge is 2.40. The number of nitrogens with two attached hydrogens (primary N) is 2. The van der Waals surface area contributed by atoms with Crippen LogP contribution in [0.25, 0.3) is 0 Å². The van der Waals surface area contributed by atoms with Gasteiger partial charge in [0.25, 0.3) is 5.91 Å². The lowest BCUT2D eigenvalue weighted by molar-refractivity contribution is -0.158. The van der Waals surface area contributed by atoms with E-state index in [4.69, 9.17) is 11.5 Å². The number of hydrogen-bond acceptors (Lipinski definition) is 8. The summed E-state index contributed by atoms with van der Waals surface area (Å²) >= 11 is 0. The Kier molecular flexibility index (Phi) is 7.32. The molecule has 0 aromatic heterocycles. The Morgan fingerprint density at radius 3 is 2.68 bits per heavy atom. The average Bonchev–Trinajstić information content (AvgIpc) is 2.72. The van der Waals surface area contributed by atoms with E-state index in [1.165, 1.54) is 9.80 Å². The predicted octanol–water partition coefficient (Wildman–Crippen LogP) is -0.194. The van der Waals surface area contributed by atoms with Crippen LogP contribution in [0.15, 0.2) is 35.7 Å². The molecule has 1 fully saturated rings. The van der Waals surface area contributed by atoms with E-state index in [-0.39, 0.29) is 37.1 Å². The minimum absolute atomic E-state index is 0.0319. The van der Waals surface area contributed by atoms with Gasteiger partial charge in [-0.2, -0.15) is 0 Å². The van der Waals surface area contributed by atoms with Crippen molar-refractivity contribution in [3.05, 3.63) is 46.8 Å². The molecule has 1 aromatic carbocycles. The summed E-state index contributed by atoms with van der Waals surface area (Å²) in [5, 5.41) is 20.7. The summed E-state index contributed by atoms with van der Waals surface area (Å²) in [7, 11) is 0. The molecule has 1 amide bonds. The number of ketones is 1.